The Morgan fingerprint density at radius 3 is 2.80 bits per heavy atom. The molecule has 2 rings (SSSR count). The number of halogens is 1. The Bertz CT molecular complexity index is 439. The molecule has 1 heterocycles. The van der Waals surface area contributed by atoms with Gasteiger partial charge >= 0.3 is 0 Å². The van der Waals surface area contributed by atoms with Gasteiger partial charge in [0.05, 0.1) is 6.61 Å². The Balaban J connectivity index is 2.04. The minimum absolute atomic E-state index is 0.152. The Morgan fingerprint density at radius 2 is 2.20 bits per heavy atom. The molecular formula is C17H26FNO. The first-order valence-corrected chi connectivity index (χ1v) is 7.54. The smallest absolute Gasteiger partial charge is 0.123 e. The van der Waals surface area contributed by atoms with Gasteiger partial charge in [-0.3, -0.25) is 0 Å². The third-order valence-electron chi connectivity index (χ3n) is 4.11. The lowest BCUT2D eigenvalue weighted by molar-refractivity contribution is 0.148. The van der Waals surface area contributed by atoms with E-state index in [1.54, 1.807) is 12.1 Å². The number of hydrogen-bond acceptors (Lipinski definition) is 2. The van der Waals surface area contributed by atoms with Crippen molar-refractivity contribution in [1.29, 1.82) is 0 Å². The van der Waals surface area contributed by atoms with Gasteiger partial charge in [-0.2, -0.15) is 0 Å². The predicted octanol–water partition coefficient (Wildman–Crippen LogP) is 3.33. The average Bonchev–Trinajstić information content (AvgIpc) is 2.81. The van der Waals surface area contributed by atoms with Gasteiger partial charge in [0, 0.05) is 18.6 Å². The highest BCUT2D eigenvalue weighted by Gasteiger charge is 2.35. The van der Waals surface area contributed by atoms with Crippen molar-refractivity contribution in [2.75, 3.05) is 26.3 Å². The van der Waals surface area contributed by atoms with E-state index in [2.05, 4.69) is 19.2 Å². The zero-order chi connectivity index (χ0) is 14.6. The Labute approximate surface area is 121 Å². The Kier molecular flexibility index (Phi) is 5.17. The second-order valence-electron chi connectivity index (χ2n) is 6.57. The molecule has 112 valence electrons. The Morgan fingerprint density at radius 1 is 1.40 bits per heavy atom. The van der Waals surface area contributed by atoms with Crippen molar-refractivity contribution in [3.05, 3.63) is 35.1 Å². The fourth-order valence-corrected chi connectivity index (χ4v) is 2.88. The van der Waals surface area contributed by atoms with Crippen LogP contribution in [0.4, 0.5) is 4.39 Å². The average molecular weight is 279 g/mol. The van der Waals surface area contributed by atoms with Crippen LogP contribution in [-0.4, -0.2) is 26.3 Å². The molecule has 1 aromatic carbocycles. The topological polar surface area (TPSA) is 21.3 Å². The van der Waals surface area contributed by atoms with E-state index < -0.39 is 0 Å². The largest absolute Gasteiger partial charge is 0.381 e. The zero-order valence-electron chi connectivity index (χ0n) is 12.8. The van der Waals surface area contributed by atoms with Crippen LogP contribution in [0.3, 0.4) is 0 Å². The molecule has 1 fully saturated rings. The second kappa shape index (κ2) is 6.68. The van der Waals surface area contributed by atoms with Gasteiger partial charge in [-0.1, -0.05) is 19.9 Å². The number of ether oxygens (including phenoxy) is 1. The van der Waals surface area contributed by atoms with Gasteiger partial charge in [0.25, 0.3) is 0 Å². The summed E-state index contributed by atoms with van der Waals surface area (Å²) in [6.07, 6.45) is 2.04. The molecule has 0 bridgehead atoms. The van der Waals surface area contributed by atoms with Gasteiger partial charge in [-0.15, -0.1) is 0 Å². The van der Waals surface area contributed by atoms with Crippen LogP contribution in [0.1, 0.15) is 31.4 Å². The number of rotatable bonds is 6. The SMILES string of the molecule is Cc1cc(F)ccc1CC1(CNCC(C)C)CCOC1. The molecule has 2 nitrogen and oxygen atoms in total. The lowest BCUT2D eigenvalue weighted by Gasteiger charge is -2.29. The standard InChI is InChI=1S/C17H26FNO/c1-13(2)10-19-11-17(6-7-20-12-17)9-15-4-5-16(18)8-14(15)3/h4-5,8,13,19H,6-7,9-12H2,1-3H3. The molecule has 1 atom stereocenters. The summed E-state index contributed by atoms with van der Waals surface area (Å²) in [5, 5.41) is 3.56. The highest BCUT2D eigenvalue weighted by molar-refractivity contribution is 5.28. The fraction of sp³-hybridized carbons (Fsp3) is 0.647. The molecule has 0 aromatic heterocycles. The van der Waals surface area contributed by atoms with E-state index in [0.717, 1.165) is 44.7 Å². The lowest BCUT2D eigenvalue weighted by atomic mass is 9.79. The van der Waals surface area contributed by atoms with Gasteiger partial charge in [-0.25, -0.2) is 4.39 Å². The van der Waals surface area contributed by atoms with Crippen molar-refractivity contribution < 1.29 is 9.13 Å². The molecule has 1 saturated heterocycles. The van der Waals surface area contributed by atoms with Crippen LogP contribution in [0, 0.1) is 24.1 Å². The predicted molar refractivity (Wildman–Crippen MR) is 80.4 cm³/mol. The summed E-state index contributed by atoms with van der Waals surface area (Å²) in [5.41, 5.74) is 2.45. The molecule has 0 radical (unpaired) electrons. The summed E-state index contributed by atoms with van der Waals surface area (Å²) < 4.78 is 18.9. The summed E-state index contributed by atoms with van der Waals surface area (Å²) in [6.45, 7) is 10.1. The molecule has 1 aliphatic heterocycles. The quantitative estimate of drug-likeness (QED) is 0.862. The molecule has 1 unspecified atom stereocenters. The lowest BCUT2D eigenvalue weighted by Crippen LogP contribution is -2.38. The van der Waals surface area contributed by atoms with E-state index in [4.69, 9.17) is 4.74 Å². The van der Waals surface area contributed by atoms with Crippen LogP contribution in [0.2, 0.25) is 0 Å². The molecule has 0 saturated carbocycles. The highest BCUT2D eigenvalue weighted by Crippen LogP contribution is 2.33. The minimum Gasteiger partial charge on any atom is -0.381 e. The maximum Gasteiger partial charge on any atom is 0.123 e. The van der Waals surface area contributed by atoms with E-state index in [1.165, 1.54) is 5.56 Å². The maximum absolute atomic E-state index is 13.2. The van der Waals surface area contributed by atoms with E-state index in [-0.39, 0.29) is 11.2 Å². The fourth-order valence-electron chi connectivity index (χ4n) is 2.88. The molecule has 1 aromatic rings. The molecule has 0 aliphatic carbocycles. The van der Waals surface area contributed by atoms with Crippen molar-refractivity contribution in [2.24, 2.45) is 11.3 Å². The van der Waals surface area contributed by atoms with Crippen LogP contribution in [0.5, 0.6) is 0 Å². The van der Waals surface area contributed by atoms with Crippen molar-refractivity contribution in [1.82, 2.24) is 5.32 Å². The summed E-state index contributed by atoms with van der Waals surface area (Å²) in [5.74, 6) is 0.503. The van der Waals surface area contributed by atoms with E-state index in [1.807, 2.05) is 13.0 Å². The van der Waals surface area contributed by atoms with Crippen molar-refractivity contribution >= 4 is 0 Å². The van der Waals surface area contributed by atoms with E-state index >= 15 is 0 Å². The molecule has 1 N–H and O–H groups in total. The number of nitrogens with one attached hydrogen (secondary N) is 1. The third kappa shape index (κ3) is 4.03. The molecule has 0 amide bonds. The number of benzene rings is 1. The third-order valence-corrected chi connectivity index (χ3v) is 4.11. The monoisotopic (exact) mass is 279 g/mol. The van der Waals surface area contributed by atoms with Crippen LogP contribution in [0.15, 0.2) is 18.2 Å². The molecular weight excluding hydrogens is 253 g/mol. The van der Waals surface area contributed by atoms with Crippen LogP contribution in [-0.2, 0) is 11.2 Å². The zero-order valence-corrected chi connectivity index (χ0v) is 12.8. The highest BCUT2D eigenvalue weighted by atomic mass is 19.1. The van der Waals surface area contributed by atoms with Gasteiger partial charge < -0.3 is 10.1 Å². The van der Waals surface area contributed by atoms with Crippen molar-refractivity contribution in [2.45, 2.75) is 33.6 Å². The summed E-state index contributed by atoms with van der Waals surface area (Å²) in [6, 6.07) is 5.11. The van der Waals surface area contributed by atoms with Gasteiger partial charge in [-0.05, 0) is 55.5 Å². The normalized spacial score (nSPS) is 22.6. The van der Waals surface area contributed by atoms with Crippen molar-refractivity contribution in [3.8, 4) is 0 Å². The van der Waals surface area contributed by atoms with Crippen LogP contribution < -0.4 is 5.32 Å². The maximum atomic E-state index is 13.2. The Hall–Kier alpha value is -0.930. The minimum atomic E-state index is -0.152. The van der Waals surface area contributed by atoms with Crippen molar-refractivity contribution in [3.63, 3.8) is 0 Å². The summed E-state index contributed by atoms with van der Waals surface area (Å²) in [4.78, 5) is 0. The van der Waals surface area contributed by atoms with Gasteiger partial charge in [0.2, 0.25) is 0 Å². The van der Waals surface area contributed by atoms with Gasteiger partial charge in [0.15, 0.2) is 0 Å². The number of hydrogen-bond donors (Lipinski definition) is 1. The van der Waals surface area contributed by atoms with E-state index in [9.17, 15) is 4.39 Å². The first kappa shape index (κ1) is 15.5. The molecule has 3 heteroatoms. The van der Waals surface area contributed by atoms with Crippen LogP contribution in [0.25, 0.3) is 0 Å². The number of aryl methyl sites for hydroxylation is 1. The summed E-state index contributed by atoms with van der Waals surface area (Å²) >= 11 is 0. The first-order chi connectivity index (χ1) is 9.51. The van der Waals surface area contributed by atoms with Gasteiger partial charge in [0.1, 0.15) is 5.82 Å². The summed E-state index contributed by atoms with van der Waals surface area (Å²) in [7, 11) is 0. The molecule has 20 heavy (non-hydrogen) atoms. The first-order valence-electron chi connectivity index (χ1n) is 7.54. The van der Waals surface area contributed by atoms with E-state index in [0.29, 0.717) is 5.92 Å². The second-order valence-corrected chi connectivity index (χ2v) is 6.57. The molecule has 0 spiro atoms. The van der Waals surface area contributed by atoms with Crippen LogP contribution >= 0.6 is 0 Å². The molecule has 1 aliphatic rings.